The van der Waals surface area contributed by atoms with Crippen LogP contribution in [0.2, 0.25) is 0 Å². The van der Waals surface area contributed by atoms with Gasteiger partial charge in [0.05, 0.1) is 6.54 Å². The van der Waals surface area contributed by atoms with Gasteiger partial charge < -0.3 is 20.6 Å². The van der Waals surface area contributed by atoms with E-state index in [1.54, 1.807) is 0 Å². The Hall–Kier alpha value is -0.840. The van der Waals surface area contributed by atoms with Gasteiger partial charge in [-0.25, -0.2) is 0 Å². The Morgan fingerprint density at radius 1 is 1.23 bits per heavy atom. The number of hydrogen-bond donors (Lipinski definition) is 2. The highest BCUT2D eigenvalue weighted by atomic mass is 16.5. The first-order valence-corrected chi connectivity index (χ1v) is 4.42. The van der Waals surface area contributed by atoms with Crippen LogP contribution in [0.5, 0.6) is 0 Å². The van der Waals surface area contributed by atoms with Crippen molar-refractivity contribution in [2.45, 2.75) is 19.6 Å². The summed E-state index contributed by atoms with van der Waals surface area (Å²) >= 11 is 0. The molecule has 1 aromatic heterocycles. The highest BCUT2D eigenvalue weighted by molar-refractivity contribution is 5.05. The van der Waals surface area contributed by atoms with Gasteiger partial charge in [-0.3, -0.25) is 0 Å². The molecule has 4 heteroatoms. The summed E-state index contributed by atoms with van der Waals surface area (Å²) in [5, 5.41) is 0. The van der Waals surface area contributed by atoms with Crippen LogP contribution in [0.4, 0.5) is 0 Å². The maximum atomic E-state index is 5.39. The van der Waals surface area contributed by atoms with E-state index < -0.39 is 0 Å². The molecule has 4 nitrogen and oxygen atoms in total. The third-order valence-electron chi connectivity index (χ3n) is 1.66. The minimum Gasteiger partial charge on any atom is -0.462 e. The molecule has 1 rings (SSSR count). The predicted molar refractivity (Wildman–Crippen MR) is 49.9 cm³/mol. The predicted octanol–water partition coefficient (Wildman–Crippen LogP) is 0.604. The third-order valence-corrected chi connectivity index (χ3v) is 1.66. The standard InChI is InChI=1S/C9H16N2O2/c10-4-1-5-12-7-9-3-2-8(6-11)13-9/h2-3H,1,4-7,10-11H2. The Morgan fingerprint density at radius 2 is 2.00 bits per heavy atom. The number of nitrogens with two attached hydrogens (primary N) is 2. The number of hydrogen-bond acceptors (Lipinski definition) is 4. The Labute approximate surface area is 77.8 Å². The van der Waals surface area contributed by atoms with Crippen molar-refractivity contribution in [1.29, 1.82) is 0 Å². The molecule has 0 saturated carbocycles. The van der Waals surface area contributed by atoms with E-state index in [-0.39, 0.29) is 0 Å². The molecule has 0 aliphatic carbocycles. The van der Waals surface area contributed by atoms with Gasteiger partial charge in [-0.05, 0) is 25.1 Å². The van der Waals surface area contributed by atoms with Crippen LogP contribution in [-0.4, -0.2) is 13.2 Å². The van der Waals surface area contributed by atoms with Gasteiger partial charge in [-0.15, -0.1) is 0 Å². The van der Waals surface area contributed by atoms with Crippen LogP contribution < -0.4 is 11.5 Å². The Morgan fingerprint density at radius 3 is 2.62 bits per heavy atom. The van der Waals surface area contributed by atoms with Crippen molar-refractivity contribution in [3.63, 3.8) is 0 Å². The highest BCUT2D eigenvalue weighted by Gasteiger charge is 1.99. The minimum atomic E-state index is 0.433. The first-order valence-electron chi connectivity index (χ1n) is 4.42. The van der Waals surface area contributed by atoms with Crippen LogP contribution in [0.15, 0.2) is 16.5 Å². The fourth-order valence-corrected chi connectivity index (χ4v) is 0.968. The molecule has 0 radical (unpaired) electrons. The first-order chi connectivity index (χ1) is 6.36. The lowest BCUT2D eigenvalue weighted by Gasteiger charge is -1.99. The van der Waals surface area contributed by atoms with Crippen molar-refractivity contribution in [3.8, 4) is 0 Å². The van der Waals surface area contributed by atoms with Crippen molar-refractivity contribution in [2.24, 2.45) is 11.5 Å². The third kappa shape index (κ3) is 3.59. The van der Waals surface area contributed by atoms with Gasteiger partial charge in [0.1, 0.15) is 18.1 Å². The van der Waals surface area contributed by atoms with Crippen molar-refractivity contribution >= 4 is 0 Å². The van der Waals surface area contributed by atoms with Crippen molar-refractivity contribution < 1.29 is 9.15 Å². The summed E-state index contributed by atoms with van der Waals surface area (Å²) in [4.78, 5) is 0. The molecule has 1 heterocycles. The molecular weight excluding hydrogens is 168 g/mol. The quantitative estimate of drug-likeness (QED) is 0.635. The van der Waals surface area contributed by atoms with Crippen LogP contribution in [0.3, 0.4) is 0 Å². The average Bonchev–Trinajstić information content (AvgIpc) is 2.60. The summed E-state index contributed by atoms with van der Waals surface area (Å²) in [6.07, 6.45) is 0.879. The largest absolute Gasteiger partial charge is 0.462 e. The molecule has 74 valence electrons. The Kier molecular flexibility index (Phi) is 4.53. The maximum absolute atomic E-state index is 5.39. The molecule has 0 atom stereocenters. The molecular formula is C9H16N2O2. The van der Waals surface area contributed by atoms with Gasteiger partial charge in [0, 0.05) is 6.61 Å². The second-order valence-electron chi connectivity index (χ2n) is 2.77. The second kappa shape index (κ2) is 5.75. The lowest BCUT2D eigenvalue weighted by molar-refractivity contribution is 0.104. The van der Waals surface area contributed by atoms with Gasteiger partial charge in [0.25, 0.3) is 0 Å². The van der Waals surface area contributed by atoms with Crippen LogP contribution in [-0.2, 0) is 17.9 Å². The molecule has 0 spiro atoms. The van der Waals surface area contributed by atoms with E-state index in [1.807, 2.05) is 12.1 Å². The molecule has 0 unspecified atom stereocenters. The fraction of sp³-hybridized carbons (Fsp3) is 0.556. The van der Waals surface area contributed by atoms with E-state index in [2.05, 4.69) is 0 Å². The molecule has 0 saturated heterocycles. The summed E-state index contributed by atoms with van der Waals surface area (Å²) < 4.78 is 10.6. The summed E-state index contributed by atoms with van der Waals surface area (Å²) in [7, 11) is 0. The summed E-state index contributed by atoms with van der Waals surface area (Å²) in [6.45, 7) is 2.27. The molecule has 0 aliphatic heterocycles. The molecule has 0 fully saturated rings. The Balaban J connectivity index is 2.20. The zero-order chi connectivity index (χ0) is 9.52. The number of rotatable bonds is 6. The molecule has 0 bridgehead atoms. The normalized spacial score (nSPS) is 10.6. The van der Waals surface area contributed by atoms with Gasteiger partial charge in [-0.2, -0.15) is 0 Å². The van der Waals surface area contributed by atoms with Crippen LogP contribution in [0, 0.1) is 0 Å². The maximum Gasteiger partial charge on any atom is 0.129 e. The lowest BCUT2D eigenvalue weighted by Crippen LogP contribution is -2.04. The number of ether oxygens (including phenoxy) is 1. The fourth-order valence-electron chi connectivity index (χ4n) is 0.968. The SMILES string of the molecule is NCCCOCc1ccc(CN)o1. The zero-order valence-electron chi connectivity index (χ0n) is 7.66. The van der Waals surface area contributed by atoms with Crippen LogP contribution in [0.1, 0.15) is 17.9 Å². The summed E-state index contributed by atoms with van der Waals surface area (Å²) in [5.41, 5.74) is 10.7. The molecule has 4 N–H and O–H groups in total. The molecule has 1 aromatic rings. The molecule has 0 aliphatic rings. The van der Waals surface area contributed by atoms with Gasteiger partial charge in [0.15, 0.2) is 0 Å². The van der Waals surface area contributed by atoms with E-state index in [4.69, 9.17) is 20.6 Å². The molecule has 0 aromatic carbocycles. The number of furan rings is 1. The van der Waals surface area contributed by atoms with E-state index in [0.29, 0.717) is 26.3 Å². The smallest absolute Gasteiger partial charge is 0.129 e. The molecule has 13 heavy (non-hydrogen) atoms. The van der Waals surface area contributed by atoms with Gasteiger partial charge >= 0.3 is 0 Å². The second-order valence-corrected chi connectivity index (χ2v) is 2.77. The topological polar surface area (TPSA) is 74.4 Å². The van der Waals surface area contributed by atoms with E-state index in [0.717, 1.165) is 17.9 Å². The Bertz CT molecular complexity index is 235. The van der Waals surface area contributed by atoms with E-state index in [1.165, 1.54) is 0 Å². The first kappa shape index (κ1) is 10.2. The highest BCUT2D eigenvalue weighted by Crippen LogP contribution is 2.07. The summed E-state index contributed by atoms with van der Waals surface area (Å²) in [6, 6.07) is 3.74. The van der Waals surface area contributed by atoms with Gasteiger partial charge in [0.2, 0.25) is 0 Å². The zero-order valence-corrected chi connectivity index (χ0v) is 7.66. The summed E-state index contributed by atoms with van der Waals surface area (Å²) in [5.74, 6) is 1.61. The average molecular weight is 184 g/mol. The van der Waals surface area contributed by atoms with E-state index >= 15 is 0 Å². The van der Waals surface area contributed by atoms with Gasteiger partial charge in [-0.1, -0.05) is 0 Å². The van der Waals surface area contributed by atoms with Crippen LogP contribution >= 0.6 is 0 Å². The monoisotopic (exact) mass is 184 g/mol. The lowest BCUT2D eigenvalue weighted by atomic mass is 10.4. The van der Waals surface area contributed by atoms with Crippen molar-refractivity contribution in [1.82, 2.24) is 0 Å². The minimum absolute atomic E-state index is 0.433. The van der Waals surface area contributed by atoms with Crippen molar-refractivity contribution in [2.75, 3.05) is 13.2 Å². The van der Waals surface area contributed by atoms with E-state index in [9.17, 15) is 0 Å². The van der Waals surface area contributed by atoms with Crippen molar-refractivity contribution in [3.05, 3.63) is 23.7 Å². The molecule has 0 amide bonds. The van der Waals surface area contributed by atoms with Crippen LogP contribution in [0.25, 0.3) is 0 Å².